The number of aliphatic carboxylic acids is 1. The Labute approximate surface area is 113 Å². The zero-order valence-electron chi connectivity index (χ0n) is 10.8. The van der Waals surface area contributed by atoms with Crippen LogP contribution >= 0.6 is 0 Å². The molecule has 2 unspecified atom stereocenters. The molecule has 0 bridgehead atoms. The lowest BCUT2D eigenvalue weighted by molar-refractivity contribution is -0.141. The minimum absolute atomic E-state index is 0.181. The van der Waals surface area contributed by atoms with E-state index in [-0.39, 0.29) is 11.9 Å². The Hall–Kier alpha value is -1.86. The quantitative estimate of drug-likeness (QED) is 0.904. The van der Waals surface area contributed by atoms with E-state index in [2.05, 4.69) is 9.97 Å². The number of piperidine rings is 1. The summed E-state index contributed by atoms with van der Waals surface area (Å²) in [6.07, 6.45) is -2.50. The van der Waals surface area contributed by atoms with Crippen molar-refractivity contribution in [3.63, 3.8) is 0 Å². The molecule has 0 radical (unpaired) electrons. The van der Waals surface area contributed by atoms with E-state index in [0.29, 0.717) is 19.4 Å². The number of aromatic nitrogens is 2. The second-order valence-corrected chi connectivity index (χ2v) is 4.92. The molecule has 0 saturated carbocycles. The van der Waals surface area contributed by atoms with Gasteiger partial charge in [-0.3, -0.25) is 0 Å². The third-order valence-corrected chi connectivity index (χ3v) is 3.34. The largest absolute Gasteiger partial charge is 0.480 e. The van der Waals surface area contributed by atoms with Crippen LogP contribution in [0.25, 0.3) is 0 Å². The van der Waals surface area contributed by atoms with Gasteiger partial charge in [-0.2, -0.15) is 13.2 Å². The molecule has 0 aliphatic carbocycles. The first-order valence-corrected chi connectivity index (χ1v) is 6.18. The van der Waals surface area contributed by atoms with Crippen LogP contribution in [0.3, 0.4) is 0 Å². The summed E-state index contributed by atoms with van der Waals surface area (Å²) in [7, 11) is 0. The van der Waals surface area contributed by atoms with Crippen molar-refractivity contribution < 1.29 is 23.1 Å². The summed E-state index contributed by atoms with van der Waals surface area (Å²) in [5, 5.41) is 9.20. The Morgan fingerprint density at radius 3 is 2.80 bits per heavy atom. The van der Waals surface area contributed by atoms with Gasteiger partial charge in [0.25, 0.3) is 0 Å². The van der Waals surface area contributed by atoms with Gasteiger partial charge >= 0.3 is 12.1 Å². The van der Waals surface area contributed by atoms with Crippen molar-refractivity contribution in [3.05, 3.63) is 18.0 Å². The van der Waals surface area contributed by atoms with Crippen LogP contribution in [-0.4, -0.2) is 33.6 Å². The molecule has 1 saturated heterocycles. The summed E-state index contributed by atoms with van der Waals surface area (Å²) in [6, 6.07) is -0.117. The second-order valence-electron chi connectivity index (χ2n) is 4.92. The number of carboxylic acid groups (broad SMARTS) is 1. The van der Waals surface area contributed by atoms with Crippen molar-refractivity contribution in [2.75, 3.05) is 11.4 Å². The molecule has 2 rings (SSSR count). The molecule has 20 heavy (non-hydrogen) atoms. The first-order valence-electron chi connectivity index (χ1n) is 6.18. The van der Waals surface area contributed by atoms with Crippen molar-refractivity contribution >= 4 is 11.9 Å². The van der Waals surface area contributed by atoms with E-state index in [4.69, 9.17) is 0 Å². The van der Waals surface area contributed by atoms with Crippen molar-refractivity contribution in [2.45, 2.75) is 32.0 Å². The highest BCUT2D eigenvalue weighted by Crippen LogP contribution is 2.30. The van der Waals surface area contributed by atoms with Gasteiger partial charge < -0.3 is 10.0 Å². The molecule has 1 N–H and O–H groups in total. The van der Waals surface area contributed by atoms with Crippen LogP contribution in [0.1, 0.15) is 25.5 Å². The van der Waals surface area contributed by atoms with Crippen LogP contribution in [0, 0.1) is 5.92 Å². The molecule has 0 aromatic carbocycles. The van der Waals surface area contributed by atoms with Gasteiger partial charge in [0, 0.05) is 12.7 Å². The molecule has 5 nitrogen and oxygen atoms in total. The summed E-state index contributed by atoms with van der Waals surface area (Å²) in [5.74, 6) is -1.05. The fourth-order valence-corrected chi connectivity index (χ4v) is 2.26. The van der Waals surface area contributed by atoms with Crippen LogP contribution in [0.5, 0.6) is 0 Å². The maximum absolute atomic E-state index is 12.6. The van der Waals surface area contributed by atoms with Gasteiger partial charge in [0.2, 0.25) is 5.95 Å². The molecule has 1 aliphatic heterocycles. The van der Waals surface area contributed by atoms with Gasteiger partial charge in [0.05, 0.1) is 0 Å². The average molecular weight is 289 g/mol. The molecule has 8 heteroatoms. The van der Waals surface area contributed by atoms with Crippen molar-refractivity contribution in [2.24, 2.45) is 5.92 Å². The summed E-state index contributed by atoms with van der Waals surface area (Å²) >= 11 is 0. The molecule has 1 aliphatic rings. The number of alkyl halides is 3. The first-order chi connectivity index (χ1) is 9.29. The van der Waals surface area contributed by atoms with E-state index >= 15 is 0 Å². The SMILES string of the molecule is CC1CCN(c2nccc(C(F)(F)F)n2)C(C(=O)O)C1. The number of anilines is 1. The van der Waals surface area contributed by atoms with Crippen molar-refractivity contribution in [1.82, 2.24) is 9.97 Å². The zero-order valence-corrected chi connectivity index (χ0v) is 10.8. The third kappa shape index (κ3) is 3.00. The Balaban J connectivity index is 2.32. The number of carbonyl (C=O) groups is 1. The molecule has 1 fully saturated rings. The molecule has 110 valence electrons. The molecule has 2 atom stereocenters. The maximum atomic E-state index is 12.6. The van der Waals surface area contributed by atoms with Crippen molar-refractivity contribution in [1.29, 1.82) is 0 Å². The van der Waals surface area contributed by atoms with E-state index in [1.807, 2.05) is 6.92 Å². The highest BCUT2D eigenvalue weighted by Gasteiger charge is 2.36. The number of halogens is 3. The molecule has 2 heterocycles. The van der Waals surface area contributed by atoms with Crippen LogP contribution in [0.4, 0.5) is 19.1 Å². The summed E-state index contributed by atoms with van der Waals surface area (Å²) in [6.45, 7) is 2.25. The predicted octanol–water partition coefficient (Wildman–Crippen LogP) is 2.18. The standard InChI is InChI=1S/C12H14F3N3O2/c1-7-3-5-18(8(6-7)10(19)20)11-16-4-2-9(17-11)12(13,14)15/h2,4,7-8H,3,5-6H2,1H3,(H,19,20). The van der Waals surface area contributed by atoms with Gasteiger partial charge in [0.15, 0.2) is 0 Å². The van der Waals surface area contributed by atoms with Crippen LogP contribution in [0.2, 0.25) is 0 Å². The molecule has 0 amide bonds. The minimum Gasteiger partial charge on any atom is -0.480 e. The van der Waals surface area contributed by atoms with Gasteiger partial charge in [0.1, 0.15) is 11.7 Å². The number of nitrogens with zero attached hydrogens (tertiary/aromatic N) is 3. The summed E-state index contributed by atoms with van der Waals surface area (Å²) in [4.78, 5) is 19.8. The van der Waals surface area contributed by atoms with E-state index in [9.17, 15) is 23.1 Å². The molecule has 1 aromatic heterocycles. The third-order valence-electron chi connectivity index (χ3n) is 3.34. The van der Waals surface area contributed by atoms with E-state index in [1.54, 1.807) is 0 Å². The second kappa shape index (κ2) is 5.26. The molecular formula is C12H14F3N3O2. The summed E-state index contributed by atoms with van der Waals surface area (Å²) < 4.78 is 37.9. The topological polar surface area (TPSA) is 66.3 Å². The van der Waals surface area contributed by atoms with E-state index < -0.39 is 23.9 Å². The van der Waals surface area contributed by atoms with Gasteiger partial charge in [-0.1, -0.05) is 6.92 Å². The number of hydrogen-bond donors (Lipinski definition) is 1. The molecular weight excluding hydrogens is 275 g/mol. The number of rotatable bonds is 2. The Bertz CT molecular complexity index is 507. The van der Waals surface area contributed by atoms with E-state index in [1.165, 1.54) is 4.90 Å². The van der Waals surface area contributed by atoms with Gasteiger partial charge in [-0.25, -0.2) is 14.8 Å². The van der Waals surface area contributed by atoms with Crippen molar-refractivity contribution in [3.8, 4) is 0 Å². The first kappa shape index (κ1) is 14.5. The summed E-state index contributed by atoms with van der Waals surface area (Å²) in [5.41, 5.74) is -1.06. The Kier molecular flexibility index (Phi) is 3.82. The predicted molar refractivity (Wildman–Crippen MR) is 64.2 cm³/mol. The number of carboxylic acids is 1. The lowest BCUT2D eigenvalue weighted by atomic mass is 9.93. The van der Waals surface area contributed by atoms with Gasteiger partial charge in [-0.15, -0.1) is 0 Å². The maximum Gasteiger partial charge on any atom is 0.433 e. The normalized spacial score (nSPS) is 23.7. The van der Waals surface area contributed by atoms with Crippen LogP contribution in [-0.2, 0) is 11.0 Å². The highest BCUT2D eigenvalue weighted by molar-refractivity contribution is 5.77. The fourth-order valence-electron chi connectivity index (χ4n) is 2.26. The average Bonchev–Trinajstić information content (AvgIpc) is 2.37. The Morgan fingerprint density at radius 2 is 2.20 bits per heavy atom. The smallest absolute Gasteiger partial charge is 0.433 e. The minimum atomic E-state index is -4.57. The lowest BCUT2D eigenvalue weighted by Gasteiger charge is -2.36. The van der Waals surface area contributed by atoms with Crippen LogP contribution < -0.4 is 4.90 Å². The fraction of sp³-hybridized carbons (Fsp3) is 0.583. The van der Waals surface area contributed by atoms with Crippen LogP contribution in [0.15, 0.2) is 12.3 Å². The zero-order chi connectivity index (χ0) is 14.9. The highest BCUT2D eigenvalue weighted by atomic mass is 19.4. The monoisotopic (exact) mass is 289 g/mol. The molecule has 0 spiro atoms. The number of hydrogen-bond acceptors (Lipinski definition) is 4. The van der Waals surface area contributed by atoms with Gasteiger partial charge in [-0.05, 0) is 24.8 Å². The Morgan fingerprint density at radius 1 is 1.50 bits per heavy atom. The van der Waals surface area contributed by atoms with E-state index in [0.717, 1.165) is 12.3 Å². The lowest BCUT2D eigenvalue weighted by Crippen LogP contribution is -2.47. The molecule has 1 aromatic rings.